The van der Waals surface area contributed by atoms with Crippen LogP contribution >= 0.6 is 0 Å². The standard InChI is InChI=1S/C14H19NO/c1-3-10(2)8-13(15)11-4-5-14-12(9-11)6-7-16-14/h4-5,9,13H,2-3,6-8,15H2,1H3. The summed E-state index contributed by atoms with van der Waals surface area (Å²) >= 11 is 0. The van der Waals surface area contributed by atoms with Crippen LogP contribution in [0.3, 0.4) is 0 Å². The summed E-state index contributed by atoms with van der Waals surface area (Å²) in [4.78, 5) is 0. The first-order valence-corrected chi connectivity index (χ1v) is 5.88. The zero-order chi connectivity index (χ0) is 11.5. The Balaban J connectivity index is 2.12. The van der Waals surface area contributed by atoms with Gasteiger partial charge in [-0.3, -0.25) is 0 Å². The van der Waals surface area contributed by atoms with E-state index in [-0.39, 0.29) is 6.04 Å². The van der Waals surface area contributed by atoms with E-state index in [0.29, 0.717) is 0 Å². The van der Waals surface area contributed by atoms with Crippen molar-refractivity contribution in [2.24, 2.45) is 5.73 Å². The average Bonchev–Trinajstić information content (AvgIpc) is 2.75. The molecule has 2 N–H and O–H groups in total. The maximum absolute atomic E-state index is 6.16. The van der Waals surface area contributed by atoms with E-state index in [1.54, 1.807) is 0 Å². The fourth-order valence-electron chi connectivity index (χ4n) is 2.01. The Labute approximate surface area is 97.1 Å². The minimum Gasteiger partial charge on any atom is -0.493 e. The summed E-state index contributed by atoms with van der Waals surface area (Å²) in [7, 11) is 0. The van der Waals surface area contributed by atoms with Crippen molar-refractivity contribution < 1.29 is 4.74 Å². The molecule has 2 rings (SSSR count). The Morgan fingerprint density at radius 3 is 3.12 bits per heavy atom. The Hall–Kier alpha value is -1.28. The van der Waals surface area contributed by atoms with E-state index in [0.717, 1.165) is 31.6 Å². The van der Waals surface area contributed by atoms with Gasteiger partial charge in [-0.2, -0.15) is 0 Å². The molecule has 0 saturated heterocycles. The van der Waals surface area contributed by atoms with Crippen molar-refractivity contribution in [3.8, 4) is 5.75 Å². The van der Waals surface area contributed by atoms with Crippen LogP contribution in [0, 0.1) is 0 Å². The highest BCUT2D eigenvalue weighted by molar-refractivity contribution is 5.40. The second kappa shape index (κ2) is 4.71. The smallest absolute Gasteiger partial charge is 0.122 e. The van der Waals surface area contributed by atoms with Crippen LogP contribution in [0.25, 0.3) is 0 Å². The number of fused-ring (bicyclic) bond motifs is 1. The van der Waals surface area contributed by atoms with Crippen molar-refractivity contribution in [2.45, 2.75) is 32.2 Å². The van der Waals surface area contributed by atoms with Crippen molar-refractivity contribution in [1.29, 1.82) is 0 Å². The molecule has 16 heavy (non-hydrogen) atoms. The molecule has 86 valence electrons. The van der Waals surface area contributed by atoms with Gasteiger partial charge in [0.05, 0.1) is 6.61 Å². The monoisotopic (exact) mass is 217 g/mol. The molecule has 0 spiro atoms. The molecule has 1 aromatic rings. The van der Waals surface area contributed by atoms with Gasteiger partial charge >= 0.3 is 0 Å². The third-order valence-corrected chi connectivity index (χ3v) is 3.15. The second-order valence-corrected chi connectivity index (χ2v) is 4.38. The molecule has 0 aliphatic carbocycles. The first-order valence-electron chi connectivity index (χ1n) is 5.88. The van der Waals surface area contributed by atoms with Crippen LogP contribution in [0.5, 0.6) is 5.75 Å². The summed E-state index contributed by atoms with van der Waals surface area (Å²) in [6, 6.07) is 6.35. The van der Waals surface area contributed by atoms with E-state index < -0.39 is 0 Å². The summed E-state index contributed by atoms with van der Waals surface area (Å²) in [5.41, 5.74) is 9.86. The molecule has 1 aliphatic heterocycles. The average molecular weight is 217 g/mol. The van der Waals surface area contributed by atoms with E-state index in [4.69, 9.17) is 10.5 Å². The van der Waals surface area contributed by atoms with Gasteiger partial charge in [0, 0.05) is 12.5 Å². The van der Waals surface area contributed by atoms with Crippen LogP contribution in [0.1, 0.15) is 36.9 Å². The van der Waals surface area contributed by atoms with Gasteiger partial charge < -0.3 is 10.5 Å². The number of rotatable bonds is 4. The van der Waals surface area contributed by atoms with E-state index >= 15 is 0 Å². The molecule has 1 unspecified atom stereocenters. The van der Waals surface area contributed by atoms with Gasteiger partial charge in [0.25, 0.3) is 0 Å². The van der Waals surface area contributed by atoms with Gasteiger partial charge in [-0.15, -0.1) is 0 Å². The normalized spacial score (nSPS) is 15.4. The summed E-state index contributed by atoms with van der Waals surface area (Å²) in [6.45, 7) is 6.92. The molecule has 0 amide bonds. The van der Waals surface area contributed by atoms with E-state index in [1.807, 2.05) is 6.07 Å². The Morgan fingerprint density at radius 2 is 2.38 bits per heavy atom. The molecule has 0 radical (unpaired) electrons. The van der Waals surface area contributed by atoms with Gasteiger partial charge in [-0.25, -0.2) is 0 Å². The SMILES string of the molecule is C=C(CC)CC(N)c1ccc2c(c1)CCO2. The van der Waals surface area contributed by atoms with Crippen molar-refractivity contribution in [1.82, 2.24) is 0 Å². The lowest BCUT2D eigenvalue weighted by atomic mass is 9.97. The predicted octanol–water partition coefficient (Wildman–Crippen LogP) is 2.98. The van der Waals surface area contributed by atoms with Crippen molar-refractivity contribution in [3.05, 3.63) is 41.5 Å². The van der Waals surface area contributed by atoms with Crippen LogP contribution < -0.4 is 10.5 Å². The molecule has 2 heteroatoms. The molecule has 0 saturated carbocycles. The lowest BCUT2D eigenvalue weighted by Gasteiger charge is -2.14. The second-order valence-electron chi connectivity index (χ2n) is 4.38. The minimum absolute atomic E-state index is 0.0679. The van der Waals surface area contributed by atoms with Crippen LogP contribution in [0.4, 0.5) is 0 Å². The molecule has 2 nitrogen and oxygen atoms in total. The van der Waals surface area contributed by atoms with Crippen molar-refractivity contribution in [3.63, 3.8) is 0 Å². The summed E-state index contributed by atoms with van der Waals surface area (Å²) < 4.78 is 5.48. The van der Waals surface area contributed by atoms with Crippen LogP contribution in [0.15, 0.2) is 30.4 Å². The molecule has 0 bridgehead atoms. The van der Waals surface area contributed by atoms with Gasteiger partial charge in [0.15, 0.2) is 0 Å². The van der Waals surface area contributed by atoms with Gasteiger partial charge in [-0.05, 0) is 30.0 Å². The van der Waals surface area contributed by atoms with E-state index in [1.165, 1.54) is 16.7 Å². The highest BCUT2D eigenvalue weighted by Crippen LogP contribution is 2.29. The van der Waals surface area contributed by atoms with Gasteiger partial charge in [0.1, 0.15) is 5.75 Å². The molecule has 0 aromatic heterocycles. The summed E-state index contributed by atoms with van der Waals surface area (Å²) in [6.07, 6.45) is 2.88. The minimum atomic E-state index is 0.0679. The zero-order valence-electron chi connectivity index (χ0n) is 9.83. The van der Waals surface area contributed by atoms with Gasteiger partial charge in [0.2, 0.25) is 0 Å². The van der Waals surface area contributed by atoms with Crippen LogP contribution in [-0.2, 0) is 6.42 Å². The molecule has 1 aliphatic rings. The Bertz CT molecular complexity index is 398. The maximum Gasteiger partial charge on any atom is 0.122 e. The number of benzene rings is 1. The molecular formula is C14H19NO. The molecule has 1 heterocycles. The topological polar surface area (TPSA) is 35.2 Å². The number of hydrogen-bond acceptors (Lipinski definition) is 2. The predicted molar refractivity (Wildman–Crippen MR) is 66.6 cm³/mol. The summed E-state index contributed by atoms with van der Waals surface area (Å²) in [5.74, 6) is 1.02. The van der Waals surface area contributed by atoms with Crippen molar-refractivity contribution >= 4 is 0 Å². The maximum atomic E-state index is 6.16. The lowest BCUT2D eigenvalue weighted by Crippen LogP contribution is -2.11. The number of hydrogen-bond donors (Lipinski definition) is 1. The third kappa shape index (κ3) is 2.27. The number of nitrogens with two attached hydrogens (primary N) is 1. The fraction of sp³-hybridized carbons (Fsp3) is 0.429. The quantitative estimate of drug-likeness (QED) is 0.787. The lowest BCUT2D eigenvalue weighted by molar-refractivity contribution is 0.357. The van der Waals surface area contributed by atoms with Crippen LogP contribution in [-0.4, -0.2) is 6.61 Å². The van der Waals surface area contributed by atoms with Gasteiger partial charge in [-0.1, -0.05) is 31.2 Å². The first-order chi connectivity index (χ1) is 7.70. The first kappa shape index (κ1) is 11.2. The number of ether oxygens (including phenoxy) is 1. The highest BCUT2D eigenvalue weighted by atomic mass is 16.5. The Kier molecular flexibility index (Phi) is 3.30. The molecule has 0 fully saturated rings. The molecular weight excluding hydrogens is 198 g/mol. The van der Waals surface area contributed by atoms with E-state index in [2.05, 4.69) is 25.6 Å². The third-order valence-electron chi connectivity index (χ3n) is 3.15. The molecule has 1 aromatic carbocycles. The Morgan fingerprint density at radius 1 is 1.56 bits per heavy atom. The van der Waals surface area contributed by atoms with Crippen molar-refractivity contribution in [2.75, 3.05) is 6.61 Å². The van der Waals surface area contributed by atoms with E-state index in [9.17, 15) is 0 Å². The van der Waals surface area contributed by atoms with Crippen LogP contribution in [0.2, 0.25) is 0 Å². The fourth-order valence-corrected chi connectivity index (χ4v) is 2.01. The zero-order valence-corrected chi connectivity index (χ0v) is 9.83. The highest BCUT2D eigenvalue weighted by Gasteiger charge is 2.14. The molecule has 1 atom stereocenters. The largest absolute Gasteiger partial charge is 0.493 e. The summed E-state index contributed by atoms with van der Waals surface area (Å²) in [5, 5.41) is 0.